The number of hydrogen-bond acceptors (Lipinski definition) is 3. The van der Waals surface area contributed by atoms with Crippen LogP contribution in [-0.4, -0.2) is 17.6 Å². The first-order valence-corrected chi connectivity index (χ1v) is 5.91. The second-order valence-corrected chi connectivity index (χ2v) is 4.63. The normalized spacial score (nSPS) is 15.7. The summed E-state index contributed by atoms with van der Waals surface area (Å²) in [4.78, 5) is 11.4. The van der Waals surface area contributed by atoms with Gasteiger partial charge in [-0.05, 0) is 12.1 Å². The third-order valence-electron chi connectivity index (χ3n) is 2.26. The Balaban J connectivity index is 2.11. The molecule has 1 amide bonds. The third kappa shape index (κ3) is 2.82. The molecule has 1 N–H and O–H groups in total. The molecule has 0 aromatic heterocycles. The smallest absolute Gasteiger partial charge is 0.246 e. The molecule has 0 atom stereocenters. The summed E-state index contributed by atoms with van der Waals surface area (Å²) in [5, 5.41) is 2.74. The topological polar surface area (TPSA) is 47.6 Å². The number of ether oxygens (including phenoxy) is 2. The highest BCUT2D eigenvalue weighted by Gasteiger charge is 2.31. The van der Waals surface area contributed by atoms with E-state index in [0.717, 1.165) is 0 Å². The van der Waals surface area contributed by atoms with Gasteiger partial charge in [-0.25, -0.2) is 0 Å². The monoisotopic (exact) mass is 255 g/mol. The number of anilines is 1. The van der Waals surface area contributed by atoms with Gasteiger partial charge in [-0.3, -0.25) is 4.79 Å². The summed E-state index contributed by atoms with van der Waals surface area (Å²) in [6.07, 6.45) is 0.293. The third-order valence-corrected chi connectivity index (χ3v) is 2.45. The van der Waals surface area contributed by atoms with Crippen LogP contribution in [-0.2, 0) is 4.79 Å². The van der Waals surface area contributed by atoms with Crippen LogP contribution in [0.25, 0.3) is 0 Å². The molecule has 1 aromatic carbocycles. The Morgan fingerprint density at radius 2 is 2.06 bits per heavy atom. The number of fused-ring (bicyclic) bond motifs is 1. The minimum absolute atomic E-state index is 0.113. The lowest BCUT2D eigenvalue weighted by molar-refractivity contribution is -0.115. The molecule has 92 valence electrons. The Labute approximate surface area is 105 Å². The van der Waals surface area contributed by atoms with Gasteiger partial charge in [0.15, 0.2) is 11.5 Å². The summed E-state index contributed by atoms with van der Waals surface area (Å²) < 4.78 is 11.1. The van der Waals surface area contributed by atoms with E-state index in [0.29, 0.717) is 29.5 Å². The lowest BCUT2D eigenvalue weighted by atomic mass is 10.2. The van der Waals surface area contributed by atoms with Crippen molar-refractivity contribution in [2.45, 2.75) is 26.1 Å². The van der Waals surface area contributed by atoms with E-state index in [1.54, 1.807) is 18.2 Å². The fourth-order valence-corrected chi connectivity index (χ4v) is 1.78. The van der Waals surface area contributed by atoms with Crippen molar-refractivity contribution in [2.24, 2.45) is 0 Å². The maximum absolute atomic E-state index is 11.4. The molecule has 0 bridgehead atoms. The van der Waals surface area contributed by atoms with Gasteiger partial charge in [0.25, 0.3) is 0 Å². The first-order chi connectivity index (χ1) is 8.00. The Hall–Kier alpha value is -1.42. The predicted octanol–water partition coefficient (Wildman–Crippen LogP) is 2.76. The van der Waals surface area contributed by atoms with Gasteiger partial charge in [-0.2, -0.15) is 0 Å². The quantitative estimate of drug-likeness (QED) is 0.845. The number of alkyl halides is 1. The maximum atomic E-state index is 11.4. The highest BCUT2D eigenvalue weighted by molar-refractivity contribution is 6.19. The van der Waals surface area contributed by atoms with E-state index < -0.39 is 5.79 Å². The molecule has 1 aliphatic rings. The minimum atomic E-state index is -0.652. The van der Waals surface area contributed by atoms with E-state index >= 15 is 0 Å². The van der Waals surface area contributed by atoms with Crippen molar-refractivity contribution < 1.29 is 14.3 Å². The minimum Gasteiger partial charge on any atom is -0.449 e. The van der Waals surface area contributed by atoms with Crippen LogP contribution in [0.2, 0.25) is 0 Å². The van der Waals surface area contributed by atoms with Gasteiger partial charge < -0.3 is 14.8 Å². The number of rotatable bonds is 3. The lowest BCUT2D eigenvalue weighted by Crippen LogP contribution is -2.29. The largest absolute Gasteiger partial charge is 0.449 e. The molecular weight excluding hydrogens is 242 g/mol. The van der Waals surface area contributed by atoms with E-state index in [1.807, 2.05) is 13.8 Å². The van der Waals surface area contributed by atoms with Crippen LogP contribution < -0.4 is 14.8 Å². The van der Waals surface area contributed by atoms with Gasteiger partial charge in [-0.15, -0.1) is 11.6 Å². The molecule has 1 heterocycles. The van der Waals surface area contributed by atoms with Crippen LogP contribution in [0.15, 0.2) is 18.2 Å². The van der Waals surface area contributed by atoms with Crippen LogP contribution in [0.5, 0.6) is 11.5 Å². The molecule has 0 radical (unpaired) electrons. The van der Waals surface area contributed by atoms with Crippen molar-refractivity contribution in [1.29, 1.82) is 0 Å². The highest BCUT2D eigenvalue weighted by Crippen LogP contribution is 2.40. The molecule has 0 fully saturated rings. The first kappa shape index (κ1) is 12.0. The van der Waals surface area contributed by atoms with Gasteiger partial charge in [0.2, 0.25) is 11.7 Å². The number of carbonyl (C=O) groups is 1. The fourth-order valence-electron chi connectivity index (χ4n) is 1.61. The van der Waals surface area contributed by atoms with Gasteiger partial charge in [0, 0.05) is 37.9 Å². The summed E-state index contributed by atoms with van der Waals surface area (Å²) in [6, 6.07) is 5.30. The Morgan fingerprint density at radius 3 is 2.76 bits per heavy atom. The summed E-state index contributed by atoms with van der Waals surface area (Å²) in [7, 11) is 0. The van der Waals surface area contributed by atoms with Crippen molar-refractivity contribution in [3.05, 3.63) is 18.2 Å². The van der Waals surface area contributed by atoms with Gasteiger partial charge in [0.1, 0.15) is 0 Å². The van der Waals surface area contributed by atoms with Crippen LogP contribution in [0.4, 0.5) is 5.69 Å². The summed E-state index contributed by atoms with van der Waals surface area (Å²) in [6.45, 7) is 3.66. The van der Waals surface area contributed by atoms with Crippen LogP contribution in [0.1, 0.15) is 20.3 Å². The van der Waals surface area contributed by atoms with E-state index in [2.05, 4.69) is 5.32 Å². The van der Waals surface area contributed by atoms with E-state index in [9.17, 15) is 4.79 Å². The standard InChI is InChI=1S/C12H14ClNO3/c1-12(2)16-9-4-3-8(7-10(9)17-12)14-11(15)5-6-13/h3-4,7H,5-6H2,1-2H3,(H,14,15). The molecule has 1 aromatic rings. The second kappa shape index (κ2) is 4.45. The van der Waals surface area contributed by atoms with E-state index in [1.165, 1.54) is 0 Å². The highest BCUT2D eigenvalue weighted by atomic mass is 35.5. The van der Waals surface area contributed by atoms with Crippen LogP contribution in [0.3, 0.4) is 0 Å². The number of amides is 1. The molecule has 5 heteroatoms. The van der Waals surface area contributed by atoms with Gasteiger partial charge >= 0.3 is 0 Å². The molecule has 2 rings (SSSR count). The molecule has 0 spiro atoms. The van der Waals surface area contributed by atoms with Crippen molar-refractivity contribution >= 4 is 23.2 Å². The number of nitrogens with one attached hydrogen (secondary N) is 1. The average Bonchev–Trinajstić information content (AvgIpc) is 2.51. The first-order valence-electron chi connectivity index (χ1n) is 5.38. The molecule has 1 aliphatic heterocycles. The van der Waals surface area contributed by atoms with Crippen molar-refractivity contribution in [1.82, 2.24) is 0 Å². The van der Waals surface area contributed by atoms with E-state index in [-0.39, 0.29) is 5.91 Å². The molecule has 17 heavy (non-hydrogen) atoms. The predicted molar refractivity (Wildman–Crippen MR) is 65.7 cm³/mol. The second-order valence-electron chi connectivity index (χ2n) is 4.25. The zero-order chi connectivity index (χ0) is 12.5. The Kier molecular flexibility index (Phi) is 3.15. The summed E-state index contributed by atoms with van der Waals surface area (Å²) in [5.41, 5.74) is 0.681. The van der Waals surface area contributed by atoms with Crippen LogP contribution in [0, 0.1) is 0 Å². The van der Waals surface area contributed by atoms with Crippen molar-refractivity contribution in [3.63, 3.8) is 0 Å². The van der Waals surface area contributed by atoms with Crippen LogP contribution >= 0.6 is 11.6 Å². The summed E-state index contributed by atoms with van der Waals surface area (Å²) in [5.74, 6) is 0.868. The Morgan fingerprint density at radius 1 is 1.35 bits per heavy atom. The molecule has 0 saturated heterocycles. The SMILES string of the molecule is CC1(C)Oc2ccc(NC(=O)CCCl)cc2O1. The van der Waals surface area contributed by atoms with Gasteiger partial charge in [-0.1, -0.05) is 0 Å². The molecule has 0 saturated carbocycles. The van der Waals surface area contributed by atoms with Gasteiger partial charge in [0.05, 0.1) is 0 Å². The number of carbonyl (C=O) groups excluding carboxylic acids is 1. The average molecular weight is 256 g/mol. The zero-order valence-electron chi connectivity index (χ0n) is 9.75. The molecular formula is C12H14ClNO3. The molecule has 4 nitrogen and oxygen atoms in total. The van der Waals surface area contributed by atoms with E-state index in [4.69, 9.17) is 21.1 Å². The number of benzene rings is 1. The number of halogens is 1. The summed E-state index contributed by atoms with van der Waals surface area (Å²) >= 11 is 5.49. The van der Waals surface area contributed by atoms with Crippen molar-refractivity contribution in [2.75, 3.05) is 11.2 Å². The Bertz CT molecular complexity index is 445. The maximum Gasteiger partial charge on any atom is 0.246 e. The lowest BCUT2D eigenvalue weighted by Gasteiger charge is -2.16. The van der Waals surface area contributed by atoms with Crippen molar-refractivity contribution in [3.8, 4) is 11.5 Å². The zero-order valence-corrected chi connectivity index (χ0v) is 10.5. The number of hydrogen-bond donors (Lipinski definition) is 1. The molecule has 0 aliphatic carbocycles. The molecule has 0 unspecified atom stereocenters. The fraction of sp³-hybridized carbons (Fsp3) is 0.417.